The van der Waals surface area contributed by atoms with Gasteiger partial charge in [-0.15, -0.1) is 0 Å². The number of alkyl halides is 2. The summed E-state index contributed by atoms with van der Waals surface area (Å²) in [5.41, 5.74) is -0.719. The van der Waals surface area contributed by atoms with Crippen molar-refractivity contribution >= 4 is 15.9 Å². The molecular formula is C8H5BrF2N2O. The molecule has 6 heteroatoms. The normalized spacial score (nSPS) is 10.3. The van der Waals surface area contributed by atoms with Crippen LogP contribution in [0.1, 0.15) is 23.1 Å². The lowest BCUT2D eigenvalue weighted by atomic mass is 10.1. The zero-order valence-electron chi connectivity index (χ0n) is 6.84. The quantitative estimate of drug-likeness (QED) is 0.831. The number of halogens is 3. The first-order valence-corrected chi connectivity index (χ1v) is 4.37. The van der Waals surface area contributed by atoms with E-state index in [1.807, 2.05) is 0 Å². The van der Waals surface area contributed by atoms with Crippen molar-refractivity contribution in [1.29, 1.82) is 5.26 Å². The molecule has 0 amide bonds. The molecule has 0 aliphatic rings. The maximum Gasteiger partial charge on any atom is 0.265 e. The first kappa shape index (κ1) is 11.0. The molecule has 1 heterocycles. The molecule has 0 bridgehead atoms. The van der Waals surface area contributed by atoms with Crippen molar-refractivity contribution in [3.05, 3.63) is 27.5 Å². The summed E-state index contributed by atoms with van der Waals surface area (Å²) < 4.78 is 25.2. The predicted molar refractivity (Wildman–Crippen MR) is 47.5 cm³/mol. The number of hydrogen-bond donors (Lipinski definition) is 1. The zero-order chi connectivity index (χ0) is 10.7. The van der Waals surface area contributed by atoms with Crippen molar-refractivity contribution in [3.8, 4) is 6.07 Å². The van der Waals surface area contributed by atoms with Gasteiger partial charge in [0.1, 0.15) is 10.7 Å². The third-order valence-electron chi connectivity index (χ3n) is 1.67. The van der Waals surface area contributed by atoms with Gasteiger partial charge in [-0.25, -0.2) is 13.8 Å². The average molecular weight is 263 g/mol. The third kappa shape index (κ3) is 1.89. The van der Waals surface area contributed by atoms with Gasteiger partial charge < -0.3 is 5.11 Å². The van der Waals surface area contributed by atoms with Gasteiger partial charge >= 0.3 is 0 Å². The second-order valence-electron chi connectivity index (χ2n) is 2.43. The molecule has 0 radical (unpaired) electrons. The van der Waals surface area contributed by atoms with Gasteiger partial charge in [0.25, 0.3) is 6.43 Å². The van der Waals surface area contributed by atoms with E-state index < -0.39 is 18.6 Å². The van der Waals surface area contributed by atoms with Crippen LogP contribution in [0, 0.1) is 11.3 Å². The number of nitrogens with zero attached hydrogens (tertiary/aromatic N) is 2. The van der Waals surface area contributed by atoms with Gasteiger partial charge in [0.2, 0.25) is 0 Å². The van der Waals surface area contributed by atoms with Gasteiger partial charge in [-0.05, 0) is 15.9 Å². The zero-order valence-corrected chi connectivity index (χ0v) is 8.42. The molecule has 0 fully saturated rings. The Labute approximate surface area is 87.1 Å². The minimum atomic E-state index is -2.80. The molecule has 14 heavy (non-hydrogen) atoms. The Balaban J connectivity index is 3.46. The van der Waals surface area contributed by atoms with E-state index in [0.717, 1.165) is 6.20 Å². The summed E-state index contributed by atoms with van der Waals surface area (Å²) in [4.78, 5) is 3.66. The summed E-state index contributed by atoms with van der Waals surface area (Å²) in [6, 6.07) is 1.60. The van der Waals surface area contributed by atoms with E-state index in [4.69, 9.17) is 10.4 Å². The molecule has 3 nitrogen and oxygen atoms in total. The van der Waals surface area contributed by atoms with Gasteiger partial charge in [0, 0.05) is 17.3 Å². The van der Waals surface area contributed by atoms with Crippen molar-refractivity contribution in [3.63, 3.8) is 0 Å². The highest BCUT2D eigenvalue weighted by Crippen LogP contribution is 2.29. The van der Waals surface area contributed by atoms with Crippen molar-refractivity contribution in [1.82, 2.24) is 4.98 Å². The molecule has 0 unspecified atom stereocenters. The first-order chi connectivity index (χ1) is 6.61. The van der Waals surface area contributed by atoms with Gasteiger partial charge in [-0.1, -0.05) is 0 Å². The standard InChI is InChI=1S/C8H5BrF2N2O/c9-7-5(3-14)6(8(10)11)4(1-12)2-13-7/h2,8,14H,3H2. The van der Waals surface area contributed by atoms with E-state index in [2.05, 4.69) is 20.9 Å². The highest BCUT2D eigenvalue weighted by Gasteiger charge is 2.20. The van der Waals surface area contributed by atoms with Crippen molar-refractivity contribution in [2.24, 2.45) is 0 Å². The van der Waals surface area contributed by atoms with E-state index in [9.17, 15) is 8.78 Å². The number of aromatic nitrogens is 1. The fraction of sp³-hybridized carbons (Fsp3) is 0.250. The number of aliphatic hydroxyl groups is 1. The summed E-state index contributed by atoms with van der Waals surface area (Å²) in [7, 11) is 0. The minimum Gasteiger partial charge on any atom is -0.392 e. The van der Waals surface area contributed by atoms with Crippen LogP contribution in [-0.4, -0.2) is 10.1 Å². The molecule has 0 aliphatic carbocycles. The Morgan fingerprint density at radius 1 is 1.64 bits per heavy atom. The predicted octanol–water partition coefficient (Wildman–Crippen LogP) is 2.15. The molecule has 1 aromatic rings. The smallest absolute Gasteiger partial charge is 0.265 e. The average Bonchev–Trinajstić information content (AvgIpc) is 2.17. The maximum absolute atomic E-state index is 12.5. The molecular weight excluding hydrogens is 258 g/mol. The van der Waals surface area contributed by atoms with Crippen LogP contribution in [0.5, 0.6) is 0 Å². The highest BCUT2D eigenvalue weighted by molar-refractivity contribution is 9.10. The summed E-state index contributed by atoms with van der Waals surface area (Å²) in [6.45, 7) is -0.581. The summed E-state index contributed by atoms with van der Waals surface area (Å²) >= 11 is 2.93. The van der Waals surface area contributed by atoms with Crippen LogP contribution >= 0.6 is 15.9 Å². The number of hydrogen-bond acceptors (Lipinski definition) is 3. The molecule has 74 valence electrons. The summed E-state index contributed by atoms with van der Waals surface area (Å²) in [5, 5.41) is 17.4. The molecule has 1 rings (SSSR count). The lowest BCUT2D eigenvalue weighted by Crippen LogP contribution is -2.01. The molecule has 0 aromatic carbocycles. The fourth-order valence-corrected chi connectivity index (χ4v) is 1.47. The minimum absolute atomic E-state index is 0.0425. The molecule has 0 atom stereocenters. The van der Waals surface area contributed by atoms with Gasteiger partial charge in [0.05, 0.1) is 12.2 Å². The van der Waals surface area contributed by atoms with Crippen LogP contribution in [0.25, 0.3) is 0 Å². The Morgan fingerprint density at radius 2 is 2.29 bits per heavy atom. The summed E-state index contributed by atoms with van der Waals surface area (Å²) in [5.74, 6) is 0. The van der Waals surface area contributed by atoms with E-state index in [0.29, 0.717) is 0 Å². The van der Waals surface area contributed by atoms with Crippen LogP contribution in [-0.2, 0) is 6.61 Å². The highest BCUT2D eigenvalue weighted by atomic mass is 79.9. The van der Waals surface area contributed by atoms with E-state index in [1.54, 1.807) is 6.07 Å². The second kappa shape index (κ2) is 4.44. The number of rotatable bonds is 2. The monoisotopic (exact) mass is 262 g/mol. The van der Waals surface area contributed by atoms with Crippen molar-refractivity contribution in [2.75, 3.05) is 0 Å². The Morgan fingerprint density at radius 3 is 2.71 bits per heavy atom. The maximum atomic E-state index is 12.5. The molecule has 0 saturated carbocycles. The molecule has 1 aromatic heterocycles. The van der Waals surface area contributed by atoms with Crippen LogP contribution in [0.15, 0.2) is 10.8 Å². The second-order valence-corrected chi connectivity index (χ2v) is 3.18. The van der Waals surface area contributed by atoms with Crippen molar-refractivity contribution < 1.29 is 13.9 Å². The number of nitriles is 1. The van der Waals surface area contributed by atoms with Gasteiger partial charge in [-0.2, -0.15) is 5.26 Å². The largest absolute Gasteiger partial charge is 0.392 e. The first-order valence-electron chi connectivity index (χ1n) is 3.58. The molecule has 0 spiro atoms. The Kier molecular flexibility index (Phi) is 3.49. The SMILES string of the molecule is N#Cc1cnc(Br)c(CO)c1C(F)F. The number of pyridine rings is 1. The van der Waals surface area contributed by atoms with Crippen LogP contribution in [0.4, 0.5) is 8.78 Å². The summed E-state index contributed by atoms with van der Waals surface area (Å²) in [6.07, 6.45) is -1.75. The van der Waals surface area contributed by atoms with E-state index >= 15 is 0 Å². The fourth-order valence-electron chi connectivity index (χ4n) is 1.03. The lowest BCUT2D eigenvalue weighted by Gasteiger charge is -2.09. The Hall–Kier alpha value is -1.06. The van der Waals surface area contributed by atoms with Crippen LogP contribution < -0.4 is 0 Å². The Bertz CT molecular complexity index is 390. The van der Waals surface area contributed by atoms with Crippen LogP contribution in [0.2, 0.25) is 0 Å². The molecule has 1 N–H and O–H groups in total. The molecule has 0 aliphatic heterocycles. The van der Waals surface area contributed by atoms with Gasteiger partial charge in [0.15, 0.2) is 0 Å². The lowest BCUT2D eigenvalue weighted by molar-refractivity contribution is 0.146. The molecule has 0 saturated heterocycles. The van der Waals surface area contributed by atoms with E-state index in [1.165, 1.54) is 0 Å². The third-order valence-corrected chi connectivity index (χ3v) is 2.35. The number of aliphatic hydroxyl groups excluding tert-OH is 1. The van der Waals surface area contributed by atoms with Crippen molar-refractivity contribution in [2.45, 2.75) is 13.0 Å². The van der Waals surface area contributed by atoms with E-state index in [-0.39, 0.29) is 15.7 Å². The topological polar surface area (TPSA) is 56.9 Å². The van der Waals surface area contributed by atoms with Crippen LogP contribution in [0.3, 0.4) is 0 Å². The van der Waals surface area contributed by atoms with Gasteiger partial charge in [-0.3, -0.25) is 0 Å².